The lowest BCUT2D eigenvalue weighted by Gasteiger charge is -2.44. The van der Waals surface area contributed by atoms with Crippen molar-refractivity contribution in [2.24, 2.45) is 29.1 Å². The van der Waals surface area contributed by atoms with E-state index < -0.39 is 61.0 Å². The zero-order valence-electron chi connectivity index (χ0n) is 34.8. The molecule has 0 spiro atoms. The average Bonchev–Trinajstić information content (AvgIpc) is 3.94. The van der Waals surface area contributed by atoms with E-state index in [-0.39, 0.29) is 23.9 Å². The van der Waals surface area contributed by atoms with Crippen LogP contribution in [0.3, 0.4) is 0 Å². The Morgan fingerprint density at radius 1 is 1.08 bits per heavy atom. The summed E-state index contributed by atoms with van der Waals surface area (Å²) in [7, 11) is 0. The molecule has 4 aliphatic carbocycles. The number of aliphatic hydroxyl groups is 3. The standard InChI is InChI=1S/C44H63F2N5O9/c1-26(32-15-16-33-28(9-8-19-43(32,33)3)11-14-30-23-31(52)24-34(53)27(30)2)10-17-35(29-12-13-29)60-42(57)49-21-7-5-4-6-20-48-41(56)58-25-36-38(54)44(45,46)39(59-36)51-22-18-37(47)50-40(51)55/h10-11,14,17-18,22,26,29,31-36,38-39,52-54H,2,4-9,12-13,15-16,19-21,23-25H2,1,3H3,(H,48,56)(H,49,57)(H2,47,50,55)/b17-10+,28-11+,30-14-/t26-,31+,32?,33?,34-,35?,36?,38?,39?,43+/m0/s1. The third kappa shape index (κ3) is 10.8. The van der Waals surface area contributed by atoms with Gasteiger partial charge in [0.15, 0.2) is 6.10 Å². The predicted octanol–water partition coefficient (Wildman–Crippen LogP) is 5.84. The maximum atomic E-state index is 14.7. The summed E-state index contributed by atoms with van der Waals surface area (Å²) in [5, 5.41) is 36.0. The van der Waals surface area contributed by atoms with Gasteiger partial charge in [-0.1, -0.05) is 57.1 Å². The smallest absolute Gasteiger partial charge is 0.407 e. The molecule has 16 heteroatoms. The van der Waals surface area contributed by atoms with Gasteiger partial charge < -0.3 is 45.9 Å². The number of anilines is 1. The van der Waals surface area contributed by atoms with Crippen molar-refractivity contribution in [2.75, 3.05) is 25.4 Å². The minimum Gasteiger partial charge on any atom is -0.447 e. The van der Waals surface area contributed by atoms with Gasteiger partial charge in [-0.3, -0.25) is 4.57 Å². The predicted molar refractivity (Wildman–Crippen MR) is 220 cm³/mol. The Bertz CT molecular complexity index is 1850. The number of aromatic nitrogens is 2. The lowest BCUT2D eigenvalue weighted by molar-refractivity contribution is -0.140. The van der Waals surface area contributed by atoms with Gasteiger partial charge in [-0.15, -0.1) is 0 Å². The van der Waals surface area contributed by atoms with Crippen LogP contribution in [0.25, 0.3) is 0 Å². The summed E-state index contributed by atoms with van der Waals surface area (Å²) in [6, 6.07) is 1.15. The first-order valence-electron chi connectivity index (χ1n) is 21.6. The molecule has 5 aliphatic rings. The van der Waals surface area contributed by atoms with E-state index in [1.165, 1.54) is 12.0 Å². The number of nitrogens with one attached hydrogen (secondary N) is 2. The maximum absolute atomic E-state index is 14.7. The molecular formula is C44H63F2N5O9. The van der Waals surface area contributed by atoms with Gasteiger partial charge in [0.25, 0.3) is 0 Å². The van der Waals surface area contributed by atoms with E-state index in [1.807, 2.05) is 0 Å². The molecule has 0 aromatic carbocycles. The molecule has 6 rings (SSSR count). The minimum absolute atomic E-state index is 0.155. The van der Waals surface area contributed by atoms with E-state index in [0.717, 1.165) is 69.2 Å². The number of ether oxygens (including phenoxy) is 3. The number of hydrogen-bond acceptors (Lipinski definition) is 11. The molecule has 1 aromatic heterocycles. The second-order valence-corrected chi connectivity index (χ2v) is 17.7. The molecule has 0 bridgehead atoms. The van der Waals surface area contributed by atoms with Crippen LogP contribution < -0.4 is 22.1 Å². The largest absolute Gasteiger partial charge is 0.447 e. The first-order valence-corrected chi connectivity index (χ1v) is 21.6. The summed E-state index contributed by atoms with van der Waals surface area (Å²) >= 11 is 0. The summed E-state index contributed by atoms with van der Waals surface area (Å²) < 4.78 is 46.0. The molecule has 4 saturated carbocycles. The lowest BCUT2D eigenvalue weighted by Crippen LogP contribution is -2.42. The zero-order chi connectivity index (χ0) is 43.2. The molecule has 1 saturated heterocycles. The van der Waals surface area contributed by atoms with Gasteiger partial charge in [0, 0.05) is 25.7 Å². The molecule has 2 heterocycles. The first kappa shape index (κ1) is 45.4. The molecular weight excluding hydrogens is 781 g/mol. The summed E-state index contributed by atoms with van der Waals surface area (Å²) in [6.07, 6.45) is 12.3. The van der Waals surface area contributed by atoms with E-state index in [0.29, 0.717) is 66.0 Å². The third-order valence-corrected chi connectivity index (χ3v) is 13.4. The number of amides is 2. The highest BCUT2D eigenvalue weighted by atomic mass is 19.3. The number of hydrogen-bond donors (Lipinski definition) is 6. The molecule has 5 fully saturated rings. The highest BCUT2D eigenvalue weighted by Gasteiger charge is 2.60. The van der Waals surface area contributed by atoms with Crippen molar-refractivity contribution in [2.45, 2.75) is 140 Å². The van der Waals surface area contributed by atoms with Crippen LogP contribution in [0.5, 0.6) is 0 Å². The topological polar surface area (TPSA) is 207 Å². The van der Waals surface area contributed by atoms with Crippen LogP contribution in [0.2, 0.25) is 0 Å². The lowest BCUT2D eigenvalue weighted by atomic mass is 9.61. The fraction of sp³-hybridized carbons (Fsp3) is 0.682. The van der Waals surface area contributed by atoms with Crippen molar-refractivity contribution < 1.29 is 47.9 Å². The van der Waals surface area contributed by atoms with Crippen LogP contribution in [-0.4, -0.2) is 93.2 Å². The Morgan fingerprint density at radius 2 is 1.80 bits per heavy atom. The molecule has 1 aliphatic heterocycles. The molecule has 10 atom stereocenters. The van der Waals surface area contributed by atoms with E-state index in [4.69, 9.17) is 19.9 Å². The molecule has 60 heavy (non-hydrogen) atoms. The fourth-order valence-electron chi connectivity index (χ4n) is 9.81. The molecule has 0 radical (unpaired) electrons. The second-order valence-electron chi connectivity index (χ2n) is 17.7. The number of aliphatic hydroxyl groups excluding tert-OH is 3. The fourth-order valence-corrected chi connectivity index (χ4v) is 9.81. The van der Waals surface area contributed by atoms with Gasteiger partial charge in [0.1, 0.15) is 24.6 Å². The van der Waals surface area contributed by atoms with Crippen LogP contribution in [0, 0.1) is 29.1 Å². The monoisotopic (exact) mass is 843 g/mol. The van der Waals surface area contributed by atoms with Crippen molar-refractivity contribution in [3.63, 3.8) is 0 Å². The Kier molecular flexibility index (Phi) is 14.9. The number of alkyl halides is 2. The highest BCUT2D eigenvalue weighted by Crippen LogP contribution is 2.59. The van der Waals surface area contributed by atoms with E-state index in [9.17, 15) is 38.5 Å². The van der Waals surface area contributed by atoms with Crippen molar-refractivity contribution in [1.82, 2.24) is 20.2 Å². The molecule has 7 N–H and O–H groups in total. The number of unbranched alkanes of at least 4 members (excludes halogenated alkanes) is 3. The van der Waals surface area contributed by atoms with Crippen LogP contribution in [0.1, 0.15) is 104 Å². The minimum atomic E-state index is -3.85. The second kappa shape index (κ2) is 19.7. The van der Waals surface area contributed by atoms with E-state index in [1.54, 1.807) is 0 Å². The van der Waals surface area contributed by atoms with Crippen LogP contribution in [0.4, 0.5) is 24.2 Å². The Balaban J connectivity index is 0.861. The van der Waals surface area contributed by atoms with Gasteiger partial charge in [-0.25, -0.2) is 14.4 Å². The SMILES string of the molecule is C=C1/C(=C\C=C2/CCC[C@@]3(C)C2CCC3[C@@H](C)/C=C/C(OC(=O)NCCCCCCNC(=O)OCC2OC(n3ccc(N)nc3=O)C(F)(F)C2O)C2CC2)C[C@@H](O)C[C@@H]1O. The number of carbonyl (C=O) groups excluding carboxylic acids is 2. The van der Waals surface area contributed by atoms with Crippen molar-refractivity contribution >= 4 is 18.0 Å². The Labute approximate surface area is 350 Å². The van der Waals surface area contributed by atoms with Crippen LogP contribution in [-0.2, 0) is 14.2 Å². The van der Waals surface area contributed by atoms with Gasteiger partial charge in [-0.05, 0) is 117 Å². The number of alkyl carbamates (subject to hydrolysis) is 2. The summed E-state index contributed by atoms with van der Waals surface area (Å²) in [5.74, 6) is -2.34. The van der Waals surface area contributed by atoms with Gasteiger partial charge in [-0.2, -0.15) is 13.8 Å². The van der Waals surface area contributed by atoms with Crippen molar-refractivity contribution in [1.29, 1.82) is 0 Å². The van der Waals surface area contributed by atoms with Crippen molar-refractivity contribution in [3.8, 4) is 0 Å². The maximum Gasteiger partial charge on any atom is 0.407 e. The van der Waals surface area contributed by atoms with Crippen LogP contribution in [0.15, 0.2) is 64.7 Å². The number of nitrogens with two attached hydrogens (primary N) is 1. The van der Waals surface area contributed by atoms with Crippen molar-refractivity contribution in [3.05, 3.63) is 70.3 Å². The van der Waals surface area contributed by atoms with E-state index >= 15 is 0 Å². The number of rotatable bonds is 16. The number of nitrogens with zero attached hydrogens (tertiary/aromatic N) is 2. The molecule has 1 aromatic rings. The van der Waals surface area contributed by atoms with Gasteiger partial charge in [0.2, 0.25) is 6.23 Å². The summed E-state index contributed by atoms with van der Waals surface area (Å²) in [4.78, 5) is 40.4. The number of fused-ring (bicyclic) bond motifs is 1. The molecule has 14 nitrogen and oxygen atoms in total. The number of carbonyl (C=O) groups is 2. The quantitative estimate of drug-likeness (QED) is 0.0861. The van der Waals surface area contributed by atoms with Gasteiger partial charge in [0.05, 0.1) is 12.2 Å². The number of nitrogen functional groups attached to an aromatic ring is 1. The third-order valence-electron chi connectivity index (χ3n) is 13.4. The zero-order valence-corrected chi connectivity index (χ0v) is 34.8. The Morgan fingerprint density at radius 3 is 2.50 bits per heavy atom. The number of halogens is 2. The van der Waals surface area contributed by atoms with Gasteiger partial charge >= 0.3 is 23.8 Å². The van der Waals surface area contributed by atoms with E-state index in [2.05, 4.69) is 60.3 Å². The highest BCUT2D eigenvalue weighted by molar-refractivity contribution is 5.67. The number of allylic oxidation sites excluding steroid dienone is 4. The molecule has 2 amide bonds. The summed E-state index contributed by atoms with van der Waals surface area (Å²) in [5.41, 5.74) is 7.63. The first-order chi connectivity index (χ1) is 28.6. The molecule has 6 unspecified atom stereocenters. The summed E-state index contributed by atoms with van der Waals surface area (Å²) in [6.45, 7) is 8.86. The molecule has 332 valence electrons. The normalized spacial score (nSPS) is 32.5. The Hall–Kier alpha value is -4.12. The average molecular weight is 844 g/mol. The van der Waals surface area contributed by atoms with Crippen LogP contribution >= 0.6 is 0 Å².